The molecule has 3 amide bonds. The van der Waals surface area contributed by atoms with E-state index in [2.05, 4.69) is 10.6 Å². The molecule has 0 saturated carbocycles. The molecule has 4 rings (SSSR count). The van der Waals surface area contributed by atoms with Crippen molar-refractivity contribution in [2.45, 2.75) is 49.0 Å². The van der Waals surface area contributed by atoms with Crippen LogP contribution in [0, 0.1) is 0 Å². The van der Waals surface area contributed by atoms with E-state index in [0.29, 0.717) is 11.3 Å². The number of phenolic OH excluding ortho intramolecular Hbond substituents is 1. The first kappa shape index (κ1) is 26.0. The quantitative estimate of drug-likeness (QED) is 0.306. The summed E-state index contributed by atoms with van der Waals surface area (Å²) in [6, 6.07) is 12.7. The lowest BCUT2D eigenvalue weighted by molar-refractivity contribution is -0.161. The van der Waals surface area contributed by atoms with Crippen molar-refractivity contribution in [1.82, 2.24) is 10.2 Å². The molecule has 2 heterocycles. The van der Waals surface area contributed by atoms with Gasteiger partial charge in [-0.05, 0) is 43.7 Å². The Kier molecular flexibility index (Phi) is 7.71. The fraction of sp³-hybridized carbons (Fsp3) is 0.333. The Hall–Kier alpha value is -3.57. The highest BCUT2D eigenvalue weighted by Crippen LogP contribution is 2.50. The maximum atomic E-state index is 12.3. The van der Waals surface area contributed by atoms with Crippen molar-refractivity contribution in [1.29, 1.82) is 0 Å². The lowest BCUT2D eigenvalue weighted by Gasteiger charge is -2.43. The van der Waals surface area contributed by atoms with Gasteiger partial charge in [0.15, 0.2) is 0 Å². The van der Waals surface area contributed by atoms with Crippen molar-refractivity contribution in [3.8, 4) is 5.75 Å². The zero-order chi connectivity index (χ0) is 25.9. The highest BCUT2D eigenvalue weighted by atomic mass is 32.2. The number of carboxylic acid groups (broad SMARTS) is 1. The summed E-state index contributed by atoms with van der Waals surface area (Å²) in [5, 5.41) is 23.1. The molecule has 35 heavy (non-hydrogen) atoms. The summed E-state index contributed by atoms with van der Waals surface area (Å²) in [7, 11) is 0. The molecule has 0 unspecified atom stereocenters. The number of hydrogen-bond donors (Lipinski definition) is 5. The monoisotopic (exact) mass is 500 g/mol. The van der Waals surface area contributed by atoms with Gasteiger partial charge in [-0.1, -0.05) is 30.3 Å². The van der Waals surface area contributed by atoms with Gasteiger partial charge in [0.05, 0.1) is 0 Å². The van der Waals surface area contributed by atoms with E-state index in [4.69, 9.17) is 10.8 Å². The average molecular weight is 501 g/mol. The summed E-state index contributed by atoms with van der Waals surface area (Å²) >= 11 is 1.38. The zero-order valence-electron chi connectivity index (χ0n) is 19.5. The Balaban J connectivity index is 0.000000261. The number of phenols is 1. The van der Waals surface area contributed by atoms with E-state index in [9.17, 15) is 24.3 Å². The molecule has 2 fully saturated rings. The van der Waals surface area contributed by atoms with Gasteiger partial charge in [0, 0.05) is 17.4 Å². The minimum Gasteiger partial charge on any atom is -0.508 e. The molecule has 2 aliphatic heterocycles. The molecule has 2 aromatic rings. The lowest BCUT2D eigenvalue weighted by atomic mass is 9.95. The largest absolute Gasteiger partial charge is 0.508 e. The third-order valence-corrected chi connectivity index (χ3v) is 7.17. The number of β-lactam (4-membered cyclic amide) rings is 1. The van der Waals surface area contributed by atoms with Crippen LogP contribution in [0.5, 0.6) is 5.75 Å². The molecule has 186 valence electrons. The summed E-state index contributed by atoms with van der Waals surface area (Å²) in [6.07, 6.45) is 0. The Morgan fingerprint density at radius 1 is 1.09 bits per heavy atom. The number of carboxylic acids is 1. The van der Waals surface area contributed by atoms with Crippen LogP contribution in [0.25, 0.3) is 0 Å². The van der Waals surface area contributed by atoms with Gasteiger partial charge in [-0.15, -0.1) is 11.8 Å². The van der Waals surface area contributed by atoms with E-state index in [0.717, 1.165) is 0 Å². The van der Waals surface area contributed by atoms with Crippen LogP contribution in [-0.4, -0.2) is 61.0 Å². The van der Waals surface area contributed by atoms with Gasteiger partial charge in [0.25, 0.3) is 0 Å². The summed E-state index contributed by atoms with van der Waals surface area (Å²) in [5.41, 5.74) is 7.28. The van der Waals surface area contributed by atoms with Gasteiger partial charge in [0.2, 0.25) is 17.7 Å². The number of aliphatic carboxylic acids is 1. The number of nitrogens with one attached hydrogen (secondary N) is 2. The maximum Gasteiger partial charge on any atom is 0.327 e. The third kappa shape index (κ3) is 5.75. The van der Waals surface area contributed by atoms with Crippen LogP contribution in [0.2, 0.25) is 0 Å². The van der Waals surface area contributed by atoms with Gasteiger partial charge in [-0.3, -0.25) is 14.4 Å². The Morgan fingerprint density at radius 3 is 2.23 bits per heavy atom. The van der Waals surface area contributed by atoms with Crippen LogP contribution < -0.4 is 16.4 Å². The van der Waals surface area contributed by atoms with Crippen molar-refractivity contribution >= 4 is 41.1 Å². The number of aromatic hydroxyl groups is 1. The molecule has 10 nitrogen and oxygen atoms in total. The van der Waals surface area contributed by atoms with Crippen LogP contribution in [-0.2, 0) is 19.2 Å². The molecule has 2 saturated heterocycles. The van der Waals surface area contributed by atoms with Crippen molar-refractivity contribution in [2.24, 2.45) is 5.73 Å². The van der Waals surface area contributed by atoms with E-state index in [1.807, 2.05) is 6.07 Å². The van der Waals surface area contributed by atoms with Gasteiger partial charge in [-0.25, -0.2) is 4.79 Å². The SMILES string of the molecule is CC(=O)Nc1ccc(O)cc1.CC1(C)S[C@@H]2[C@H](NC(=O)[C@H](N)c3ccccc3)C(=O)N2[C@H]1C(=O)O. The number of carbonyl (C=O) groups is 4. The second-order valence-corrected chi connectivity index (χ2v) is 10.5. The van der Waals surface area contributed by atoms with Crippen molar-refractivity contribution in [2.75, 3.05) is 5.32 Å². The smallest absolute Gasteiger partial charge is 0.327 e. The van der Waals surface area contributed by atoms with Crippen molar-refractivity contribution in [3.63, 3.8) is 0 Å². The molecule has 11 heteroatoms. The average Bonchev–Trinajstić information content (AvgIpc) is 3.07. The van der Waals surface area contributed by atoms with E-state index in [-0.39, 0.29) is 22.9 Å². The first-order valence-electron chi connectivity index (χ1n) is 10.8. The first-order valence-corrected chi connectivity index (χ1v) is 11.7. The number of thioether (sulfide) groups is 1. The van der Waals surface area contributed by atoms with Gasteiger partial charge < -0.3 is 31.5 Å². The van der Waals surface area contributed by atoms with Crippen molar-refractivity contribution < 1.29 is 29.4 Å². The van der Waals surface area contributed by atoms with Gasteiger partial charge in [0.1, 0.15) is 29.2 Å². The first-order chi connectivity index (χ1) is 16.4. The van der Waals surface area contributed by atoms with E-state index in [1.54, 1.807) is 50.2 Å². The molecule has 4 atom stereocenters. The highest BCUT2D eigenvalue weighted by Gasteiger charge is 2.64. The van der Waals surface area contributed by atoms with Crippen molar-refractivity contribution in [3.05, 3.63) is 60.2 Å². The molecule has 0 spiro atoms. The number of rotatable bonds is 5. The number of nitrogens with zero attached hydrogens (tertiary/aromatic N) is 1. The minimum atomic E-state index is -1.03. The molecule has 0 bridgehead atoms. The number of anilines is 1. The topological polar surface area (TPSA) is 162 Å². The maximum absolute atomic E-state index is 12.3. The number of amides is 3. The van der Waals surface area contributed by atoms with Gasteiger partial charge in [-0.2, -0.15) is 0 Å². The number of hydrogen-bond acceptors (Lipinski definition) is 7. The molecule has 2 aliphatic rings. The number of carbonyl (C=O) groups excluding carboxylic acids is 3. The predicted molar refractivity (Wildman–Crippen MR) is 131 cm³/mol. The van der Waals surface area contributed by atoms with E-state index in [1.165, 1.54) is 35.7 Å². The molecule has 0 aliphatic carbocycles. The van der Waals surface area contributed by atoms with E-state index >= 15 is 0 Å². The van der Waals surface area contributed by atoms with Crippen LogP contribution in [0.15, 0.2) is 54.6 Å². The summed E-state index contributed by atoms with van der Waals surface area (Å²) in [5.74, 6) is -1.78. The number of fused-ring (bicyclic) bond motifs is 1. The predicted octanol–water partition coefficient (Wildman–Crippen LogP) is 1.67. The number of nitrogens with two attached hydrogens (primary N) is 1. The number of benzene rings is 2. The van der Waals surface area contributed by atoms with Crippen LogP contribution in [0.4, 0.5) is 5.69 Å². The summed E-state index contributed by atoms with van der Waals surface area (Å²) in [4.78, 5) is 48.0. The molecular formula is C24H28N4O6S. The molecule has 0 radical (unpaired) electrons. The molecule has 0 aromatic heterocycles. The fourth-order valence-electron chi connectivity index (χ4n) is 3.95. The lowest BCUT2D eigenvalue weighted by Crippen LogP contribution is -2.71. The van der Waals surface area contributed by atoms with Crippen LogP contribution in [0.1, 0.15) is 32.4 Å². The summed E-state index contributed by atoms with van der Waals surface area (Å²) < 4.78 is -0.618. The van der Waals surface area contributed by atoms with Gasteiger partial charge >= 0.3 is 5.97 Å². The molecule has 2 aromatic carbocycles. The zero-order valence-corrected chi connectivity index (χ0v) is 20.3. The minimum absolute atomic E-state index is 0.115. The Morgan fingerprint density at radius 2 is 1.69 bits per heavy atom. The van der Waals surface area contributed by atoms with E-state index < -0.39 is 34.7 Å². The second kappa shape index (κ2) is 10.4. The second-order valence-electron chi connectivity index (χ2n) is 8.70. The fourth-order valence-corrected chi connectivity index (χ4v) is 5.57. The van der Waals surface area contributed by atoms with Crippen LogP contribution >= 0.6 is 11.8 Å². The standard InChI is InChI=1S/C16H19N3O4S.C8H9NO2/c1-16(2)11(15(22)23)19-13(21)10(14(19)24-16)18-12(20)9(17)8-6-4-3-5-7-8;1-6(10)9-7-2-4-8(11)5-3-7/h3-7,9-11,14H,17H2,1-2H3,(H,18,20)(H,22,23);2-5,11H,1H3,(H,9,10)/t9-,10-,11+,14-;/m1./s1. The molecule has 6 N–H and O–H groups in total. The highest BCUT2D eigenvalue weighted by molar-refractivity contribution is 8.01. The Labute approximate surface area is 206 Å². The normalized spacial score (nSPS) is 22.6. The Bertz CT molecular complexity index is 1110. The molecular weight excluding hydrogens is 472 g/mol. The third-order valence-electron chi connectivity index (χ3n) is 5.60. The van der Waals surface area contributed by atoms with Crippen LogP contribution in [0.3, 0.4) is 0 Å². The summed E-state index contributed by atoms with van der Waals surface area (Å²) in [6.45, 7) is 5.01.